The first-order valence-electron chi connectivity index (χ1n) is 37.9. The standard InChI is InChI=1S/2C22H28N2O3.C14H17NO3.C14H17NO2.C8H11N.C7H10O2/c2*1-16(18-10-6-3-7-11-18)23-20-13-12-19(14-21(20)25)24-22(26)27-15-17-8-4-2-5-9-17;16-14(17-9-10-4-2-1-3-5-10)15-11-6-7-12-13(8-11)18-12;16-14(15-13-9-5-2-6-10-13)17-11-12-7-3-1-4-8-12;1-7(9)8-5-3-2-4-6-8;8-7(9)6-4-2-1-3-5-6/h2*2-11,16,19-21,23,25H,12-15H2,1H3,(H,24,26);1-5,11-13H,6-9H2,(H,15,16);1-5,7-8,13H,6,9-11H2,(H,15,16);2-7H,9H2,1H3;1-2,6H,3-5H2,(H,8,9)/t16-,19+,20+,21+;16-,19-,20-,21-;11-,12+,13-;;7-;/m001.0./s1. The SMILES string of the molecule is C[C@H](N)c1ccccc1.C[C@H](N[C@@H]1CC[C@@H](NC(=O)OCc2ccccc2)C[C@H]1O)c1ccccc1.C[C@H](N[C@H]1CC[C@H](NC(=O)OCc2ccccc2)C[C@@H]1O)c1ccccc1.O=C(NC1CC=CCC1)OCc1ccccc1.O=C(N[C@@H]1CC[C@@H]2O[C@@H]2C1)OCc1ccccc1.O=C(O)C1CC=CCC1. The lowest BCUT2D eigenvalue weighted by Crippen LogP contribution is -2.50. The molecule has 7 aromatic carbocycles. The number of nitrogens with two attached hydrogens (primary N) is 1. The lowest BCUT2D eigenvalue weighted by Gasteiger charge is -2.35. The number of benzene rings is 7. The molecule has 5 aliphatic carbocycles. The fourth-order valence-corrected chi connectivity index (χ4v) is 13.2. The van der Waals surface area contributed by atoms with Gasteiger partial charge in [0.15, 0.2) is 0 Å². The van der Waals surface area contributed by atoms with Crippen molar-refractivity contribution in [3.8, 4) is 0 Å². The summed E-state index contributed by atoms with van der Waals surface area (Å²) in [6.45, 7) is 7.34. The summed E-state index contributed by atoms with van der Waals surface area (Å²) in [6, 6.07) is 69.9. The smallest absolute Gasteiger partial charge is 0.407 e. The number of ether oxygens (including phenoxy) is 5. The molecule has 1 aliphatic heterocycles. The van der Waals surface area contributed by atoms with E-state index in [0.29, 0.717) is 38.3 Å². The maximum Gasteiger partial charge on any atom is 0.407 e. The van der Waals surface area contributed by atoms with E-state index in [1.165, 1.54) is 16.7 Å². The Morgan fingerprint density at radius 1 is 0.393 bits per heavy atom. The largest absolute Gasteiger partial charge is 0.481 e. The Labute approximate surface area is 631 Å². The number of hydrogen-bond donors (Lipinski definition) is 10. The summed E-state index contributed by atoms with van der Waals surface area (Å²) in [4.78, 5) is 57.5. The van der Waals surface area contributed by atoms with Gasteiger partial charge in [-0.25, -0.2) is 19.2 Å². The zero-order valence-electron chi connectivity index (χ0n) is 62.0. The molecule has 20 nitrogen and oxygen atoms in total. The molecule has 14 atom stereocenters. The van der Waals surface area contributed by atoms with Crippen LogP contribution >= 0.6 is 0 Å². The van der Waals surface area contributed by atoms with E-state index in [0.717, 1.165) is 106 Å². The minimum Gasteiger partial charge on any atom is -0.481 e. The second-order valence-corrected chi connectivity index (χ2v) is 28.0. The topological polar surface area (TPSA) is 294 Å². The van der Waals surface area contributed by atoms with Crippen molar-refractivity contribution in [2.24, 2.45) is 11.7 Å². The fourth-order valence-electron chi connectivity index (χ4n) is 13.2. The number of alkyl carbamates (subject to hydrolysis) is 4. The number of aliphatic hydroxyl groups excluding tert-OH is 2. The van der Waals surface area contributed by atoms with Gasteiger partial charge in [-0.2, -0.15) is 0 Å². The highest BCUT2D eigenvalue weighted by Crippen LogP contribution is 2.36. The lowest BCUT2D eigenvalue weighted by molar-refractivity contribution is -0.141. The summed E-state index contributed by atoms with van der Waals surface area (Å²) >= 11 is 0. The summed E-state index contributed by atoms with van der Waals surface area (Å²) in [5.41, 5.74) is 13.1. The van der Waals surface area contributed by atoms with E-state index in [2.05, 4.69) is 82.2 Å². The number of hydrogen-bond acceptors (Lipinski definition) is 15. The van der Waals surface area contributed by atoms with Gasteiger partial charge >= 0.3 is 30.3 Å². The molecule has 13 rings (SSSR count). The second kappa shape index (κ2) is 46.4. The molecule has 0 spiro atoms. The highest BCUT2D eigenvalue weighted by Gasteiger charge is 2.44. The first-order chi connectivity index (χ1) is 52.0. The number of aliphatic hydroxyl groups is 2. The number of fused-ring (bicyclic) bond motifs is 1. The van der Waals surface area contributed by atoms with Crippen LogP contribution in [-0.2, 0) is 54.9 Å². The van der Waals surface area contributed by atoms with Gasteiger partial charge in [0.2, 0.25) is 0 Å². The van der Waals surface area contributed by atoms with Crippen LogP contribution in [0.15, 0.2) is 237 Å². The average Bonchev–Trinajstić information content (AvgIpc) is 1.68. The predicted octanol–water partition coefficient (Wildman–Crippen LogP) is 15.5. The molecule has 0 aromatic heterocycles. The highest BCUT2D eigenvalue weighted by molar-refractivity contribution is 5.70. The Balaban J connectivity index is 0.000000169. The van der Waals surface area contributed by atoms with Crippen molar-refractivity contribution in [3.63, 3.8) is 0 Å². The molecule has 20 heteroatoms. The number of carbonyl (C=O) groups is 5. The molecule has 7 aromatic rings. The van der Waals surface area contributed by atoms with Gasteiger partial charge in [0.05, 0.1) is 30.3 Å². The van der Waals surface area contributed by atoms with Gasteiger partial charge in [-0.15, -0.1) is 0 Å². The summed E-state index contributed by atoms with van der Waals surface area (Å²) in [6.07, 6.45) is 19.2. The number of carboxylic acids is 1. The summed E-state index contributed by atoms with van der Waals surface area (Å²) in [5, 5.41) is 48.1. The van der Waals surface area contributed by atoms with Crippen LogP contribution in [-0.4, -0.2) is 106 Å². The van der Waals surface area contributed by atoms with Crippen molar-refractivity contribution in [1.29, 1.82) is 0 Å². The molecule has 107 heavy (non-hydrogen) atoms. The number of amides is 4. The van der Waals surface area contributed by atoms with Gasteiger partial charge in [0.25, 0.3) is 0 Å². The molecule has 6 aliphatic rings. The van der Waals surface area contributed by atoms with Gasteiger partial charge in [-0.3, -0.25) is 4.79 Å². The summed E-state index contributed by atoms with van der Waals surface area (Å²) < 4.78 is 26.3. The van der Waals surface area contributed by atoms with Crippen molar-refractivity contribution >= 4 is 30.3 Å². The number of carboxylic acid groups (broad SMARTS) is 1. The zero-order valence-corrected chi connectivity index (χ0v) is 62.0. The van der Waals surface area contributed by atoms with Gasteiger partial charge < -0.3 is 76.6 Å². The molecule has 4 amide bonds. The van der Waals surface area contributed by atoms with Gasteiger partial charge in [-0.05, 0) is 156 Å². The van der Waals surface area contributed by atoms with Crippen LogP contribution in [0.1, 0.15) is 174 Å². The molecular formula is C87H111N7O13. The lowest BCUT2D eigenvalue weighted by atomic mass is 9.88. The molecule has 3 saturated carbocycles. The molecule has 572 valence electrons. The molecule has 0 radical (unpaired) electrons. The maximum atomic E-state index is 12.0. The van der Waals surface area contributed by atoms with E-state index in [4.69, 9.17) is 34.5 Å². The number of aliphatic carboxylic acids is 1. The third-order valence-electron chi connectivity index (χ3n) is 19.5. The molecular weight excluding hydrogens is 1350 g/mol. The third kappa shape index (κ3) is 32.1. The molecule has 1 heterocycles. The number of allylic oxidation sites excluding steroid dienone is 3. The zero-order chi connectivity index (χ0) is 75.8. The Hall–Kier alpha value is -9.67. The van der Waals surface area contributed by atoms with Crippen molar-refractivity contribution in [1.82, 2.24) is 31.9 Å². The van der Waals surface area contributed by atoms with Crippen molar-refractivity contribution < 1.29 is 63.0 Å². The molecule has 0 bridgehead atoms. The normalized spacial score (nSPS) is 23.0. The van der Waals surface area contributed by atoms with Gasteiger partial charge in [0.1, 0.15) is 26.4 Å². The summed E-state index contributed by atoms with van der Waals surface area (Å²) in [5.74, 6) is -0.769. The van der Waals surface area contributed by atoms with E-state index < -0.39 is 30.4 Å². The molecule has 11 N–H and O–H groups in total. The Morgan fingerprint density at radius 3 is 1.02 bits per heavy atom. The maximum absolute atomic E-state index is 12.0. The quantitative estimate of drug-likeness (QED) is 0.0193. The molecule has 1 saturated heterocycles. The van der Waals surface area contributed by atoms with E-state index in [9.17, 15) is 34.2 Å². The molecule has 4 fully saturated rings. The summed E-state index contributed by atoms with van der Waals surface area (Å²) in [7, 11) is 0. The number of nitrogens with one attached hydrogen (secondary N) is 6. The first kappa shape index (κ1) is 83.0. The number of carbonyl (C=O) groups excluding carboxylic acids is 4. The monoisotopic (exact) mass is 1460 g/mol. The van der Waals surface area contributed by atoms with Crippen LogP contribution in [0.5, 0.6) is 0 Å². The van der Waals surface area contributed by atoms with Crippen LogP contribution in [0.3, 0.4) is 0 Å². The van der Waals surface area contributed by atoms with Crippen molar-refractivity contribution in [2.75, 3.05) is 0 Å². The first-order valence-corrected chi connectivity index (χ1v) is 37.9. The van der Waals surface area contributed by atoms with E-state index >= 15 is 0 Å². The van der Waals surface area contributed by atoms with Crippen molar-refractivity contribution in [2.45, 2.75) is 222 Å². The van der Waals surface area contributed by atoms with Gasteiger partial charge in [0, 0.05) is 54.4 Å². The average molecular weight is 1460 g/mol. The highest BCUT2D eigenvalue weighted by atomic mass is 16.6. The van der Waals surface area contributed by atoms with Crippen LogP contribution in [0, 0.1) is 5.92 Å². The van der Waals surface area contributed by atoms with Gasteiger partial charge in [-0.1, -0.05) is 237 Å². The minimum atomic E-state index is -0.653. The number of epoxide rings is 1. The van der Waals surface area contributed by atoms with Crippen LogP contribution in [0.25, 0.3) is 0 Å². The van der Waals surface area contributed by atoms with Crippen LogP contribution in [0.4, 0.5) is 19.2 Å². The van der Waals surface area contributed by atoms with Crippen LogP contribution in [0.2, 0.25) is 0 Å². The Morgan fingerprint density at radius 2 is 0.720 bits per heavy atom. The fraction of sp³-hybridized carbons (Fsp3) is 0.414. The minimum absolute atomic E-state index is 0.0265. The second-order valence-electron chi connectivity index (χ2n) is 28.0. The van der Waals surface area contributed by atoms with E-state index in [1.54, 1.807) is 0 Å². The van der Waals surface area contributed by atoms with Crippen LogP contribution < -0.4 is 37.6 Å². The Bertz CT molecular complexity index is 3590. The number of rotatable bonds is 20. The predicted molar refractivity (Wildman–Crippen MR) is 416 cm³/mol. The van der Waals surface area contributed by atoms with E-state index in [1.807, 2.05) is 207 Å². The van der Waals surface area contributed by atoms with Crippen molar-refractivity contribution in [3.05, 3.63) is 276 Å². The molecule has 2 unspecified atom stereocenters. The van der Waals surface area contributed by atoms with E-state index in [-0.39, 0.29) is 85.7 Å². The third-order valence-corrected chi connectivity index (χ3v) is 19.5. The Kier molecular flexibility index (Phi) is 36.0.